The first-order valence-electron chi connectivity index (χ1n) is 10.4. The smallest absolute Gasteiger partial charge is 0.228 e. The van der Waals surface area contributed by atoms with Gasteiger partial charge in [-0.05, 0) is 18.2 Å². The van der Waals surface area contributed by atoms with E-state index in [0.717, 1.165) is 16.5 Å². The van der Waals surface area contributed by atoms with Crippen molar-refractivity contribution in [2.45, 2.75) is 17.0 Å². The number of hydrogen-bond donors (Lipinski definition) is 3. The van der Waals surface area contributed by atoms with E-state index < -0.39 is 11.0 Å². The van der Waals surface area contributed by atoms with Gasteiger partial charge < -0.3 is 23.8 Å². The molecule has 3 N–H and O–H groups in total. The lowest BCUT2D eigenvalue weighted by Crippen LogP contribution is -2.78. The van der Waals surface area contributed by atoms with E-state index in [1.165, 1.54) is 23.9 Å². The molecule has 0 spiro atoms. The van der Waals surface area contributed by atoms with Crippen molar-refractivity contribution in [1.29, 1.82) is 0 Å². The van der Waals surface area contributed by atoms with Crippen LogP contribution < -0.4 is 4.90 Å². The van der Waals surface area contributed by atoms with Crippen molar-refractivity contribution in [3.8, 4) is 0 Å². The first-order chi connectivity index (χ1) is 16.9. The average molecular weight is 472 g/mol. The molecule has 1 aliphatic heterocycles. The zero-order chi connectivity index (χ0) is 22.6. The topological polar surface area (TPSA) is 154 Å². The average Bonchev–Trinajstić information content (AvgIpc) is 3.69. The SMILES string of the molecule is c1c[nH]c(C2N(c3nccs3)C(c3conn3)(c3ncco3)C2(c2ccn[nH]2)c2ncc[nH]2)c1. The highest BCUT2D eigenvalue weighted by Crippen LogP contribution is 2.70. The van der Waals surface area contributed by atoms with Crippen molar-refractivity contribution in [2.24, 2.45) is 0 Å². The summed E-state index contributed by atoms with van der Waals surface area (Å²) in [5.41, 5.74) is 0.0244. The van der Waals surface area contributed by atoms with E-state index >= 15 is 0 Å². The van der Waals surface area contributed by atoms with Crippen LogP contribution in [0, 0.1) is 0 Å². The van der Waals surface area contributed by atoms with Gasteiger partial charge in [0.1, 0.15) is 23.2 Å². The van der Waals surface area contributed by atoms with Crippen LogP contribution in [0.2, 0.25) is 0 Å². The van der Waals surface area contributed by atoms with Crippen molar-refractivity contribution in [3.63, 3.8) is 0 Å². The molecule has 0 amide bonds. The molecule has 6 aromatic heterocycles. The molecule has 168 valence electrons. The van der Waals surface area contributed by atoms with E-state index in [1.54, 1.807) is 31.0 Å². The third kappa shape index (κ3) is 2.16. The minimum Gasteiger partial charge on any atom is -0.446 e. The molecule has 7 rings (SSSR count). The zero-order valence-electron chi connectivity index (χ0n) is 17.4. The fraction of sp³-hybridized carbons (Fsp3) is 0.143. The molecule has 3 atom stereocenters. The Labute approximate surface area is 195 Å². The third-order valence-corrected chi connectivity index (χ3v) is 7.18. The van der Waals surface area contributed by atoms with Crippen molar-refractivity contribution >= 4 is 16.5 Å². The maximum atomic E-state index is 6.04. The Hall–Kier alpha value is -4.52. The van der Waals surface area contributed by atoms with Gasteiger partial charge in [-0.3, -0.25) is 5.10 Å². The van der Waals surface area contributed by atoms with E-state index in [-0.39, 0.29) is 6.04 Å². The quantitative estimate of drug-likeness (QED) is 0.332. The van der Waals surface area contributed by atoms with Crippen LogP contribution in [0.4, 0.5) is 5.13 Å². The number of aromatic nitrogens is 9. The van der Waals surface area contributed by atoms with E-state index in [2.05, 4.69) is 45.4 Å². The Balaban J connectivity index is 1.67. The van der Waals surface area contributed by atoms with Crippen LogP contribution >= 0.6 is 11.3 Å². The number of nitrogens with zero attached hydrogens (tertiary/aromatic N) is 7. The summed E-state index contributed by atoms with van der Waals surface area (Å²) in [4.78, 5) is 22.9. The summed E-state index contributed by atoms with van der Waals surface area (Å²) in [6.07, 6.45) is 13.5. The highest BCUT2D eigenvalue weighted by atomic mass is 32.1. The summed E-state index contributed by atoms with van der Waals surface area (Å²) in [6, 6.07) is 5.56. The number of aromatic amines is 3. The van der Waals surface area contributed by atoms with Gasteiger partial charge in [0.2, 0.25) is 5.89 Å². The highest BCUT2D eigenvalue weighted by molar-refractivity contribution is 7.13. The lowest BCUT2D eigenvalue weighted by Gasteiger charge is -2.66. The maximum Gasteiger partial charge on any atom is 0.228 e. The van der Waals surface area contributed by atoms with Crippen LogP contribution in [-0.2, 0) is 11.0 Å². The molecular weight excluding hydrogens is 456 g/mol. The minimum atomic E-state index is -1.19. The van der Waals surface area contributed by atoms with Crippen LogP contribution in [0.5, 0.6) is 0 Å². The van der Waals surface area contributed by atoms with Crippen LogP contribution in [0.1, 0.15) is 34.8 Å². The van der Waals surface area contributed by atoms with Gasteiger partial charge in [-0.2, -0.15) is 5.10 Å². The second kappa shape index (κ2) is 6.99. The largest absolute Gasteiger partial charge is 0.446 e. The molecule has 0 saturated carbocycles. The molecule has 0 aromatic carbocycles. The summed E-state index contributed by atoms with van der Waals surface area (Å²) in [5, 5.41) is 18.3. The van der Waals surface area contributed by atoms with Crippen LogP contribution in [0.25, 0.3) is 0 Å². The summed E-state index contributed by atoms with van der Waals surface area (Å²) in [5.74, 6) is 1.04. The molecule has 1 aliphatic rings. The van der Waals surface area contributed by atoms with Crippen molar-refractivity contribution in [2.75, 3.05) is 4.90 Å². The summed E-state index contributed by atoms with van der Waals surface area (Å²) in [6.45, 7) is 0. The van der Waals surface area contributed by atoms with E-state index in [0.29, 0.717) is 17.4 Å². The Morgan fingerprint density at radius 2 is 2.03 bits per heavy atom. The van der Waals surface area contributed by atoms with Gasteiger partial charge in [-0.1, -0.05) is 0 Å². The minimum absolute atomic E-state index is 0.344. The molecule has 0 bridgehead atoms. The molecular formula is C21H16N10O2S. The summed E-state index contributed by atoms with van der Waals surface area (Å²) in [7, 11) is 0. The van der Waals surface area contributed by atoms with Crippen LogP contribution in [-0.4, -0.2) is 45.5 Å². The molecule has 3 unspecified atom stereocenters. The fourth-order valence-electron chi connectivity index (χ4n) is 5.34. The zero-order valence-corrected chi connectivity index (χ0v) is 18.2. The fourth-order valence-corrected chi connectivity index (χ4v) is 6.06. The predicted octanol–water partition coefficient (Wildman–Crippen LogP) is 2.78. The normalized spacial score (nSPS) is 24.4. The Bertz CT molecular complexity index is 1270. The molecule has 34 heavy (non-hydrogen) atoms. The first-order valence-corrected chi connectivity index (χ1v) is 11.3. The van der Waals surface area contributed by atoms with Gasteiger partial charge in [0.15, 0.2) is 16.9 Å². The second-order valence-corrected chi connectivity index (χ2v) is 8.64. The van der Waals surface area contributed by atoms with Gasteiger partial charge in [0, 0.05) is 47.3 Å². The number of rotatable bonds is 6. The molecule has 1 saturated heterocycles. The molecule has 12 nitrogen and oxygen atoms in total. The van der Waals surface area contributed by atoms with Gasteiger partial charge in [0.05, 0.1) is 17.9 Å². The van der Waals surface area contributed by atoms with Crippen molar-refractivity contribution in [3.05, 3.63) is 102 Å². The van der Waals surface area contributed by atoms with E-state index in [4.69, 9.17) is 13.9 Å². The van der Waals surface area contributed by atoms with Gasteiger partial charge in [-0.25, -0.2) is 15.0 Å². The standard InChI is InChI=1S/C21H16N10O2S/c1-2-13(22-4-1)16-20(14-3-5-27-28-14,17-23-6-7-24-17)21(15-12-33-30-29-15,18-25-8-10-32-18)31(16)19-26-9-11-34-19/h1-12,16,22H,(H,23,24)(H,27,28). The number of anilines is 1. The summed E-state index contributed by atoms with van der Waals surface area (Å²) >= 11 is 1.50. The Morgan fingerprint density at radius 1 is 1.03 bits per heavy atom. The Morgan fingerprint density at radius 3 is 2.68 bits per heavy atom. The molecule has 1 fully saturated rings. The molecule has 7 heterocycles. The first kappa shape index (κ1) is 19.0. The predicted molar refractivity (Wildman–Crippen MR) is 118 cm³/mol. The number of hydrogen-bond acceptors (Lipinski definition) is 10. The van der Waals surface area contributed by atoms with Crippen molar-refractivity contribution < 1.29 is 8.94 Å². The highest BCUT2D eigenvalue weighted by Gasteiger charge is 2.80. The molecule has 0 aliphatic carbocycles. The lowest BCUT2D eigenvalue weighted by atomic mass is 9.51. The van der Waals surface area contributed by atoms with E-state index in [9.17, 15) is 0 Å². The Kier molecular flexibility index (Phi) is 3.90. The monoisotopic (exact) mass is 472 g/mol. The number of imidazole rings is 1. The number of nitrogens with one attached hydrogen (secondary N) is 3. The van der Waals surface area contributed by atoms with Gasteiger partial charge in [-0.15, -0.1) is 16.4 Å². The van der Waals surface area contributed by atoms with Crippen molar-refractivity contribution in [1.82, 2.24) is 45.5 Å². The molecule has 6 aromatic rings. The molecule has 13 heteroatoms. The van der Waals surface area contributed by atoms with Gasteiger partial charge in [0.25, 0.3) is 0 Å². The second-order valence-electron chi connectivity index (χ2n) is 7.77. The molecule has 0 radical (unpaired) electrons. The van der Waals surface area contributed by atoms with Gasteiger partial charge >= 0.3 is 0 Å². The van der Waals surface area contributed by atoms with Crippen LogP contribution in [0.15, 0.2) is 82.2 Å². The van der Waals surface area contributed by atoms with Crippen LogP contribution in [0.3, 0.4) is 0 Å². The third-order valence-electron chi connectivity index (χ3n) is 6.41. The number of thiazole rings is 1. The number of oxazole rings is 1. The summed E-state index contributed by atoms with van der Waals surface area (Å²) < 4.78 is 11.3. The van der Waals surface area contributed by atoms with E-state index in [1.807, 2.05) is 29.8 Å². The lowest BCUT2D eigenvalue weighted by molar-refractivity contribution is 0.0690. The number of H-pyrrole nitrogens is 3. The maximum absolute atomic E-state index is 6.04.